The molecule has 1 aliphatic heterocycles. The highest BCUT2D eigenvalue weighted by molar-refractivity contribution is 6.02. The largest absolute Gasteiger partial charge is 0.353 e. The predicted molar refractivity (Wildman–Crippen MR) is 75.1 cm³/mol. The lowest BCUT2D eigenvalue weighted by Crippen LogP contribution is -2.41. The number of nitrogens with zero attached hydrogens (tertiary/aromatic N) is 1. The lowest BCUT2D eigenvalue weighted by Gasteiger charge is -2.31. The molecule has 2 rings (SSSR count). The van der Waals surface area contributed by atoms with E-state index in [-0.39, 0.29) is 30.2 Å². The Morgan fingerprint density at radius 3 is 2.84 bits per heavy atom. The van der Waals surface area contributed by atoms with E-state index in [4.69, 9.17) is 0 Å². The van der Waals surface area contributed by atoms with Crippen molar-refractivity contribution in [3.8, 4) is 0 Å². The van der Waals surface area contributed by atoms with Crippen LogP contribution in [0.3, 0.4) is 0 Å². The van der Waals surface area contributed by atoms with Gasteiger partial charge in [-0.3, -0.25) is 9.59 Å². The van der Waals surface area contributed by atoms with E-state index in [9.17, 15) is 9.59 Å². The molecule has 2 atom stereocenters. The Labute approximate surface area is 113 Å². The third-order valence-corrected chi connectivity index (χ3v) is 3.74. The summed E-state index contributed by atoms with van der Waals surface area (Å²) >= 11 is 0. The van der Waals surface area contributed by atoms with Gasteiger partial charge in [-0.05, 0) is 25.0 Å². The van der Waals surface area contributed by atoms with Gasteiger partial charge in [0.2, 0.25) is 11.8 Å². The first-order valence-corrected chi connectivity index (χ1v) is 6.70. The zero-order valence-electron chi connectivity index (χ0n) is 11.6. The topological polar surface area (TPSA) is 49.4 Å². The zero-order valence-corrected chi connectivity index (χ0v) is 11.6. The number of hydrogen-bond acceptors (Lipinski definition) is 2. The van der Waals surface area contributed by atoms with E-state index in [1.165, 1.54) is 0 Å². The third kappa shape index (κ3) is 2.62. The average Bonchev–Trinajstić information content (AvgIpc) is 2.42. The van der Waals surface area contributed by atoms with Crippen LogP contribution in [0.1, 0.15) is 38.2 Å². The summed E-state index contributed by atoms with van der Waals surface area (Å²) in [6.45, 7) is 4.00. The fraction of sp³-hybridized carbons (Fsp3) is 0.467. The SMILES string of the molecule is CCC(C)NC(=O)C1CC(=O)N(C)c2ccccc21. The van der Waals surface area contributed by atoms with Gasteiger partial charge in [-0.1, -0.05) is 25.1 Å². The standard InChI is InChI=1S/C15H20N2O2/c1-4-10(2)16-15(19)12-9-14(18)17(3)13-8-6-5-7-11(12)13/h5-8,10,12H,4,9H2,1-3H3,(H,16,19). The number of anilines is 1. The normalized spacial score (nSPS) is 19.8. The van der Waals surface area contributed by atoms with E-state index >= 15 is 0 Å². The number of carbonyl (C=O) groups is 2. The van der Waals surface area contributed by atoms with Crippen LogP contribution in [0, 0.1) is 0 Å². The molecule has 0 fully saturated rings. The Morgan fingerprint density at radius 2 is 2.16 bits per heavy atom. The van der Waals surface area contributed by atoms with Crippen molar-refractivity contribution in [2.24, 2.45) is 0 Å². The van der Waals surface area contributed by atoms with Crippen LogP contribution in [0.15, 0.2) is 24.3 Å². The molecule has 0 aromatic heterocycles. The van der Waals surface area contributed by atoms with Crippen LogP contribution in [-0.4, -0.2) is 24.9 Å². The minimum absolute atomic E-state index is 0.0111. The molecule has 0 saturated heterocycles. The Morgan fingerprint density at radius 1 is 1.47 bits per heavy atom. The zero-order chi connectivity index (χ0) is 14.0. The molecular weight excluding hydrogens is 240 g/mol. The summed E-state index contributed by atoms with van der Waals surface area (Å²) in [6, 6.07) is 7.74. The first kappa shape index (κ1) is 13.6. The molecule has 2 amide bonds. The van der Waals surface area contributed by atoms with Crippen LogP contribution in [0.4, 0.5) is 5.69 Å². The molecule has 4 nitrogen and oxygen atoms in total. The summed E-state index contributed by atoms with van der Waals surface area (Å²) in [5.74, 6) is -0.430. The second-order valence-electron chi connectivity index (χ2n) is 5.09. The molecule has 0 saturated carbocycles. The van der Waals surface area contributed by atoms with Crippen LogP contribution in [0.5, 0.6) is 0 Å². The second kappa shape index (κ2) is 5.43. The van der Waals surface area contributed by atoms with Crippen molar-refractivity contribution in [2.75, 3.05) is 11.9 Å². The van der Waals surface area contributed by atoms with Crippen molar-refractivity contribution >= 4 is 17.5 Å². The number of fused-ring (bicyclic) bond motifs is 1. The van der Waals surface area contributed by atoms with Crippen molar-refractivity contribution in [3.63, 3.8) is 0 Å². The summed E-state index contributed by atoms with van der Waals surface area (Å²) in [4.78, 5) is 25.9. The minimum Gasteiger partial charge on any atom is -0.353 e. The summed E-state index contributed by atoms with van der Waals surface area (Å²) in [5, 5.41) is 2.97. The third-order valence-electron chi connectivity index (χ3n) is 3.74. The van der Waals surface area contributed by atoms with Crippen molar-refractivity contribution in [1.82, 2.24) is 5.32 Å². The molecule has 1 N–H and O–H groups in total. The van der Waals surface area contributed by atoms with Crippen LogP contribution < -0.4 is 10.2 Å². The molecule has 102 valence electrons. The Kier molecular flexibility index (Phi) is 3.88. The molecule has 1 aliphatic rings. The van der Waals surface area contributed by atoms with E-state index in [1.807, 2.05) is 38.1 Å². The summed E-state index contributed by atoms with van der Waals surface area (Å²) in [7, 11) is 1.75. The molecule has 4 heteroatoms. The average molecular weight is 260 g/mol. The van der Waals surface area contributed by atoms with E-state index in [0.717, 1.165) is 17.7 Å². The number of rotatable bonds is 3. The van der Waals surface area contributed by atoms with Gasteiger partial charge < -0.3 is 10.2 Å². The van der Waals surface area contributed by atoms with Gasteiger partial charge in [0.05, 0.1) is 5.92 Å². The van der Waals surface area contributed by atoms with E-state index in [1.54, 1.807) is 11.9 Å². The number of carbonyl (C=O) groups excluding carboxylic acids is 2. The molecule has 0 spiro atoms. The second-order valence-corrected chi connectivity index (χ2v) is 5.09. The predicted octanol–water partition coefficient (Wildman–Crippen LogP) is 2.05. The maximum absolute atomic E-state index is 12.3. The summed E-state index contributed by atoms with van der Waals surface area (Å²) in [5.41, 5.74) is 1.77. The van der Waals surface area contributed by atoms with Crippen LogP contribution in [0.25, 0.3) is 0 Å². The van der Waals surface area contributed by atoms with Crippen molar-refractivity contribution < 1.29 is 9.59 Å². The lowest BCUT2D eigenvalue weighted by molar-refractivity contribution is -0.127. The fourth-order valence-corrected chi connectivity index (χ4v) is 2.32. The Balaban J connectivity index is 2.29. The molecule has 19 heavy (non-hydrogen) atoms. The molecule has 0 bridgehead atoms. The summed E-state index contributed by atoms with van der Waals surface area (Å²) < 4.78 is 0. The minimum atomic E-state index is -0.367. The van der Waals surface area contributed by atoms with Gasteiger partial charge in [0.25, 0.3) is 0 Å². The van der Waals surface area contributed by atoms with Gasteiger partial charge in [0.15, 0.2) is 0 Å². The van der Waals surface area contributed by atoms with Crippen molar-refractivity contribution in [1.29, 1.82) is 0 Å². The van der Waals surface area contributed by atoms with Crippen molar-refractivity contribution in [2.45, 2.75) is 38.6 Å². The molecule has 2 unspecified atom stereocenters. The van der Waals surface area contributed by atoms with Crippen LogP contribution in [0.2, 0.25) is 0 Å². The monoisotopic (exact) mass is 260 g/mol. The van der Waals surface area contributed by atoms with Gasteiger partial charge in [-0.15, -0.1) is 0 Å². The number of para-hydroxylation sites is 1. The van der Waals surface area contributed by atoms with E-state index < -0.39 is 0 Å². The Hall–Kier alpha value is -1.84. The van der Waals surface area contributed by atoms with Crippen molar-refractivity contribution in [3.05, 3.63) is 29.8 Å². The van der Waals surface area contributed by atoms with Gasteiger partial charge >= 0.3 is 0 Å². The van der Waals surface area contributed by atoms with Gasteiger partial charge in [-0.25, -0.2) is 0 Å². The van der Waals surface area contributed by atoms with Crippen LogP contribution >= 0.6 is 0 Å². The number of benzene rings is 1. The highest BCUT2D eigenvalue weighted by Gasteiger charge is 2.33. The highest BCUT2D eigenvalue weighted by atomic mass is 16.2. The first-order chi connectivity index (χ1) is 9.04. The van der Waals surface area contributed by atoms with Gasteiger partial charge in [-0.2, -0.15) is 0 Å². The molecule has 1 heterocycles. The highest BCUT2D eigenvalue weighted by Crippen LogP contribution is 2.35. The maximum Gasteiger partial charge on any atom is 0.228 e. The number of amides is 2. The molecule has 0 aliphatic carbocycles. The quantitative estimate of drug-likeness (QED) is 0.904. The molecular formula is C15H20N2O2. The summed E-state index contributed by atoms with van der Waals surface area (Å²) in [6.07, 6.45) is 1.13. The fourth-order valence-electron chi connectivity index (χ4n) is 2.32. The smallest absolute Gasteiger partial charge is 0.228 e. The van der Waals surface area contributed by atoms with E-state index in [0.29, 0.717) is 0 Å². The number of nitrogens with one attached hydrogen (secondary N) is 1. The molecule has 0 radical (unpaired) electrons. The Bertz CT molecular complexity index is 499. The van der Waals surface area contributed by atoms with Gasteiger partial charge in [0, 0.05) is 25.2 Å². The van der Waals surface area contributed by atoms with Gasteiger partial charge in [0.1, 0.15) is 0 Å². The first-order valence-electron chi connectivity index (χ1n) is 6.70. The lowest BCUT2D eigenvalue weighted by atomic mass is 9.88. The molecule has 1 aromatic rings. The molecule has 1 aromatic carbocycles. The van der Waals surface area contributed by atoms with Crippen LogP contribution in [-0.2, 0) is 9.59 Å². The van der Waals surface area contributed by atoms with E-state index in [2.05, 4.69) is 5.32 Å². The maximum atomic E-state index is 12.3. The number of hydrogen-bond donors (Lipinski definition) is 1.